The largest absolute Gasteiger partial charge is 0.336 e. The van der Waals surface area contributed by atoms with E-state index in [0.717, 1.165) is 0 Å². The lowest BCUT2D eigenvalue weighted by Gasteiger charge is -2.19. The zero-order valence-corrected chi connectivity index (χ0v) is 14.8. The molecule has 0 aliphatic rings. The van der Waals surface area contributed by atoms with Gasteiger partial charge in [-0.05, 0) is 23.8 Å². The summed E-state index contributed by atoms with van der Waals surface area (Å²) in [5.74, 6) is -0.866. The standard InChI is InChI=1S/C21H19N3O3/c1-24-13-12-16(14-18(24)25)20(26)23-19(15-8-4-2-5-9-15)21(27)22-17-10-6-3-7-11-17/h2-14,19H,1H3,(H,22,27)(H,23,26). The fraction of sp³-hybridized carbons (Fsp3) is 0.0952. The number of carbonyl (C=O) groups excluding carboxylic acids is 2. The first-order valence-electron chi connectivity index (χ1n) is 8.43. The molecule has 3 rings (SSSR count). The molecule has 0 saturated heterocycles. The van der Waals surface area contributed by atoms with Gasteiger partial charge in [-0.1, -0.05) is 48.5 Å². The maximum atomic E-state index is 12.8. The second kappa shape index (κ2) is 8.14. The third-order valence-electron chi connectivity index (χ3n) is 4.08. The lowest BCUT2D eigenvalue weighted by atomic mass is 10.1. The van der Waals surface area contributed by atoms with Crippen molar-refractivity contribution in [1.29, 1.82) is 0 Å². The number of anilines is 1. The summed E-state index contributed by atoms with van der Waals surface area (Å²) in [7, 11) is 1.60. The minimum Gasteiger partial charge on any atom is -0.336 e. The van der Waals surface area contributed by atoms with E-state index in [-0.39, 0.29) is 17.0 Å². The Labute approximate surface area is 156 Å². The Morgan fingerprint density at radius 1 is 0.926 bits per heavy atom. The van der Waals surface area contributed by atoms with Gasteiger partial charge < -0.3 is 15.2 Å². The minimum atomic E-state index is -0.900. The average Bonchev–Trinajstić information content (AvgIpc) is 2.69. The molecule has 6 nitrogen and oxygen atoms in total. The first kappa shape index (κ1) is 18.1. The van der Waals surface area contributed by atoms with Crippen molar-refractivity contribution < 1.29 is 9.59 Å². The summed E-state index contributed by atoms with van der Waals surface area (Å²) in [5.41, 5.74) is 1.17. The van der Waals surface area contributed by atoms with E-state index in [4.69, 9.17) is 0 Å². The molecule has 2 N–H and O–H groups in total. The molecule has 1 aromatic heterocycles. The number of hydrogen-bond acceptors (Lipinski definition) is 3. The zero-order valence-electron chi connectivity index (χ0n) is 14.8. The zero-order chi connectivity index (χ0) is 19.2. The number of rotatable bonds is 5. The summed E-state index contributed by atoms with van der Waals surface area (Å²) in [6.45, 7) is 0. The van der Waals surface area contributed by atoms with E-state index >= 15 is 0 Å². The van der Waals surface area contributed by atoms with Crippen LogP contribution in [0.5, 0.6) is 0 Å². The van der Waals surface area contributed by atoms with Crippen LogP contribution in [0.2, 0.25) is 0 Å². The molecular formula is C21H19N3O3. The quantitative estimate of drug-likeness (QED) is 0.733. The van der Waals surface area contributed by atoms with Crippen molar-refractivity contribution in [3.05, 3.63) is 100 Å². The molecule has 0 fully saturated rings. The van der Waals surface area contributed by atoms with E-state index in [0.29, 0.717) is 11.3 Å². The van der Waals surface area contributed by atoms with E-state index in [1.807, 2.05) is 24.3 Å². The summed E-state index contributed by atoms with van der Waals surface area (Å²) in [6.07, 6.45) is 1.51. The molecule has 1 unspecified atom stereocenters. The normalized spacial score (nSPS) is 11.4. The molecular weight excluding hydrogens is 342 g/mol. The third-order valence-corrected chi connectivity index (χ3v) is 4.08. The van der Waals surface area contributed by atoms with Crippen molar-refractivity contribution in [3.63, 3.8) is 0 Å². The Hall–Kier alpha value is -3.67. The van der Waals surface area contributed by atoms with Gasteiger partial charge in [-0.25, -0.2) is 0 Å². The van der Waals surface area contributed by atoms with Gasteiger partial charge in [-0.15, -0.1) is 0 Å². The van der Waals surface area contributed by atoms with Gasteiger partial charge in [0.1, 0.15) is 6.04 Å². The van der Waals surface area contributed by atoms with Gasteiger partial charge in [-0.3, -0.25) is 14.4 Å². The highest BCUT2D eigenvalue weighted by Gasteiger charge is 2.23. The van der Waals surface area contributed by atoms with Crippen LogP contribution in [0.4, 0.5) is 5.69 Å². The van der Waals surface area contributed by atoms with Gasteiger partial charge in [0.05, 0.1) is 0 Å². The SMILES string of the molecule is Cn1ccc(C(=O)NC(C(=O)Nc2ccccc2)c2ccccc2)cc1=O. The Morgan fingerprint density at radius 3 is 2.19 bits per heavy atom. The van der Waals surface area contributed by atoms with E-state index in [1.54, 1.807) is 43.4 Å². The fourth-order valence-corrected chi connectivity index (χ4v) is 2.59. The molecule has 136 valence electrons. The van der Waals surface area contributed by atoms with Crippen LogP contribution < -0.4 is 16.2 Å². The van der Waals surface area contributed by atoms with Crippen LogP contribution in [-0.2, 0) is 11.8 Å². The molecule has 0 aliphatic carbocycles. The molecule has 0 saturated carbocycles. The summed E-state index contributed by atoms with van der Waals surface area (Å²) >= 11 is 0. The van der Waals surface area contributed by atoms with Gasteiger partial charge in [0, 0.05) is 30.6 Å². The predicted octanol–water partition coefficient (Wildman–Crippen LogP) is 2.50. The van der Waals surface area contributed by atoms with Crippen LogP contribution >= 0.6 is 0 Å². The van der Waals surface area contributed by atoms with Gasteiger partial charge in [0.15, 0.2) is 0 Å². The second-order valence-electron chi connectivity index (χ2n) is 6.04. The van der Waals surface area contributed by atoms with Crippen LogP contribution in [-0.4, -0.2) is 16.4 Å². The molecule has 2 amide bonds. The number of carbonyl (C=O) groups is 2. The third kappa shape index (κ3) is 4.49. The minimum absolute atomic E-state index is 0.201. The summed E-state index contributed by atoms with van der Waals surface area (Å²) in [6, 6.07) is 19.8. The number of nitrogens with one attached hydrogen (secondary N) is 2. The number of hydrogen-bond donors (Lipinski definition) is 2. The predicted molar refractivity (Wildman–Crippen MR) is 103 cm³/mol. The summed E-state index contributed by atoms with van der Waals surface area (Å²) < 4.78 is 1.37. The molecule has 0 aliphatic heterocycles. The Balaban J connectivity index is 1.86. The Kier molecular flexibility index (Phi) is 5.47. The van der Waals surface area contributed by atoms with Crippen molar-refractivity contribution in [3.8, 4) is 0 Å². The maximum absolute atomic E-state index is 12.8. The first-order valence-corrected chi connectivity index (χ1v) is 8.43. The molecule has 3 aromatic rings. The van der Waals surface area contributed by atoms with Gasteiger partial charge in [-0.2, -0.15) is 0 Å². The van der Waals surface area contributed by atoms with Crippen molar-refractivity contribution in [2.75, 3.05) is 5.32 Å². The molecule has 1 atom stereocenters. The highest BCUT2D eigenvalue weighted by atomic mass is 16.2. The Bertz CT molecular complexity index is 998. The molecule has 0 spiro atoms. The smallest absolute Gasteiger partial charge is 0.252 e. The summed E-state index contributed by atoms with van der Waals surface area (Å²) in [5, 5.41) is 5.52. The average molecular weight is 361 g/mol. The molecule has 0 radical (unpaired) electrons. The number of amides is 2. The molecule has 1 heterocycles. The lowest BCUT2D eigenvalue weighted by Crippen LogP contribution is -2.37. The highest BCUT2D eigenvalue weighted by molar-refractivity contribution is 6.01. The van der Waals surface area contributed by atoms with Crippen molar-refractivity contribution in [2.45, 2.75) is 6.04 Å². The van der Waals surface area contributed by atoms with E-state index in [2.05, 4.69) is 10.6 Å². The number of aromatic nitrogens is 1. The van der Waals surface area contributed by atoms with Gasteiger partial charge in [0.2, 0.25) is 0 Å². The van der Waals surface area contributed by atoms with Crippen LogP contribution in [0.25, 0.3) is 0 Å². The Morgan fingerprint density at radius 2 is 1.56 bits per heavy atom. The lowest BCUT2D eigenvalue weighted by molar-refractivity contribution is -0.118. The number of benzene rings is 2. The van der Waals surface area contributed by atoms with Crippen molar-refractivity contribution >= 4 is 17.5 Å². The topological polar surface area (TPSA) is 80.2 Å². The van der Waals surface area contributed by atoms with Crippen LogP contribution in [0.15, 0.2) is 83.8 Å². The van der Waals surface area contributed by atoms with E-state index < -0.39 is 11.9 Å². The monoisotopic (exact) mass is 361 g/mol. The number of nitrogens with zero attached hydrogens (tertiary/aromatic N) is 1. The van der Waals surface area contributed by atoms with Gasteiger partial charge in [0.25, 0.3) is 17.4 Å². The van der Waals surface area contributed by atoms with E-state index in [1.165, 1.54) is 22.9 Å². The first-order chi connectivity index (χ1) is 13.0. The fourth-order valence-electron chi connectivity index (χ4n) is 2.59. The number of pyridine rings is 1. The molecule has 0 bridgehead atoms. The van der Waals surface area contributed by atoms with E-state index in [9.17, 15) is 14.4 Å². The molecule has 2 aromatic carbocycles. The number of aryl methyl sites for hydroxylation is 1. The molecule has 27 heavy (non-hydrogen) atoms. The van der Waals surface area contributed by atoms with Crippen LogP contribution in [0, 0.1) is 0 Å². The van der Waals surface area contributed by atoms with Crippen molar-refractivity contribution in [2.24, 2.45) is 7.05 Å². The molecule has 6 heteroatoms. The van der Waals surface area contributed by atoms with Crippen molar-refractivity contribution in [1.82, 2.24) is 9.88 Å². The second-order valence-corrected chi connectivity index (χ2v) is 6.04. The van der Waals surface area contributed by atoms with Crippen LogP contribution in [0.3, 0.4) is 0 Å². The van der Waals surface area contributed by atoms with Gasteiger partial charge >= 0.3 is 0 Å². The summed E-state index contributed by atoms with van der Waals surface area (Å²) in [4.78, 5) is 37.2. The van der Waals surface area contributed by atoms with Crippen LogP contribution in [0.1, 0.15) is 22.0 Å². The highest BCUT2D eigenvalue weighted by Crippen LogP contribution is 2.17. The maximum Gasteiger partial charge on any atom is 0.252 e. The number of para-hydroxylation sites is 1.